The molecule has 0 saturated carbocycles. The molecule has 0 amide bonds. The Morgan fingerprint density at radius 3 is 2.47 bits per heavy atom. The van der Waals surface area contributed by atoms with Crippen LogP contribution < -0.4 is 10.3 Å². The van der Waals surface area contributed by atoms with Crippen molar-refractivity contribution in [2.75, 3.05) is 6.61 Å². The molecule has 0 fully saturated rings. The molecular formula is C24H26N4O4. The predicted molar refractivity (Wildman–Crippen MR) is 121 cm³/mol. The van der Waals surface area contributed by atoms with Crippen LogP contribution in [0.5, 0.6) is 5.75 Å². The summed E-state index contributed by atoms with van der Waals surface area (Å²) in [6.07, 6.45) is 0. The number of nitrogens with zero attached hydrogens (tertiary/aromatic N) is 4. The summed E-state index contributed by atoms with van der Waals surface area (Å²) < 4.78 is 14.1. The van der Waals surface area contributed by atoms with Gasteiger partial charge in [0.25, 0.3) is 5.56 Å². The van der Waals surface area contributed by atoms with Gasteiger partial charge in [-0.1, -0.05) is 44.5 Å². The zero-order chi connectivity index (χ0) is 23.0. The Hall–Kier alpha value is -3.68. The number of esters is 1. The van der Waals surface area contributed by atoms with Crippen LogP contribution in [0.1, 0.15) is 37.7 Å². The van der Waals surface area contributed by atoms with Crippen LogP contribution >= 0.6 is 0 Å². The van der Waals surface area contributed by atoms with Crippen LogP contribution in [-0.2, 0) is 28.6 Å². The molecule has 2 aromatic carbocycles. The van der Waals surface area contributed by atoms with Gasteiger partial charge in [0.1, 0.15) is 5.75 Å². The molecule has 8 nitrogen and oxygen atoms in total. The van der Waals surface area contributed by atoms with Crippen molar-refractivity contribution in [3.05, 3.63) is 69.8 Å². The van der Waals surface area contributed by atoms with E-state index in [0.717, 1.165) is 5.56 Å². The maximum Gasteiger partial charge on any atom is 0.344 e. The summed E-state index contributed by atoms with van der Waals surface area (Å²) in [4.78, 5) is 24.9. The van der Waals surface area contributed by atoms with Crippen LogP contribution in [0.15, 0.2) is 47.3 Å². The summed E-state index contributed by atoms with van der Waals surface area (Å²) >= 11 is 0. The number of hydrogen-bond acceptors (Lipinski definition) is 6. The fourth-order valence-corrected chi connectivity index (χ4v) is 3.53. The van der Waals surface area contributed by atoms with E-state index in [-0.39, 0.29) is 24.2 Å². The van der Waals surface area contributed by atoms with Gasteiger partial charge in [-0.15, -0.1) is 10.2 Å². The van der Waals surface area contributed by atoms with Crippen molar-refractivity contribution in [1.29, 1.82) is 0 Å². The molecule has 8 heteroatoms. The van der Waals surface area contributed by atoms with Crippen LogP contribution in [-0.4, -0.2) is 31.7 Å². The molecule has 166 valence electrons. The second kappa shape index (κ2) is 8.11. The Kier molecular flexibility index (Phi) is 5.46. The molecular weight excluding hydrogens is 408 g/mol. The SMILES string of the molecule is Cc1ccc2c(c1)c(=O)n(C)c1nnc(COC(=O)COc3ccc(C(C)(C)C)cc3)n21. The van der Waals surface area contributed by atoms with Crippen molar-refractivity contribution in [1.82, 2.24) is 19.2 Å². The molecule has 0 atom stereocenters. The molecule has 0 saturated heterocycles. The lowest BCUT2D eigenvalue weighted by Gasteiger charge is -2.19. The second-order valence-corrected chi connectivity index (χ2v) is 8.86. The fraction of sp³-hybridized carbons (Fsp3) is 0.333. The average Bonchev–Trinajstić information content (AvgIpc) is 3.18. The number of hydrogen-bond donors (Lipinski definition) is 0. The minimum absolute atomic E-state index is 0.0465. The van der Waals surface area contributed by atoms with Gasteiger partial charge in [-0.25, -0.2) is 4.79 Å². The summed E-state index contributed by atoms with van der Waals surface area (Å²) in [7, 11) is 1.64. The average molecular weight is 434 g/mol. The van der Waals surface area contributed by atoms with E-state index in [1.165, 1.54) is 10.1 Å². The van der Waals surface area contributed by atoms with Gasteiger partial charge in [-0.3, -0.25) is 13.8 Å². The smallest absolute Gasteiger partial charge is 0.344 e. The molecule has 0 aliphatic carbocycles. The highest BCUT2D eigenvalue weighted by molar-refractivity contribution is 5.81. The first-order valence-corrected chi connectivity index (χ1v) is 10.4. The third kappa shape index (κ3) is 4.08. The molecule has 2 heterocycles. The van der Waals surface area contributed by atoms with E-state index in [4.69, 9.17) is 9.47 Å². The van der Waals surface area contributed by atoms with Crippen LogP contribution in [0.3, 0.4) is 0 Å². The lowest BCUT2D eigenvalue weighted by atomic mass is 9.87. The normalized spacial score (nSPS) is 11.8. The van der Waals surface area contributed by atoms with E-state index < -0.39 is 5.97 Å². The Morgan fingerprint density at radius 2 is 1.78 bits per heavy atom. The number of benzene rings is 2. The van der Waals surface area contributed by atoms with Gasteiger partial charge in [0.2, 0.25) is 5.78 Å². The Labute approximate surface area is 185 Å². The zero-order valence-electron chi connectivity index (χ0n) is 18.9. The van der Waals surface area contributed by atoms with Gasteiger partial charge in [-0.2, -0.15) is 0 Å². The molecule has 4 aromatic rings. The Bertz CT molecular complexity index is 1360. The fourth-order valence-electron chi connectivity index (χ4n) is 3.53. The van der Waals surface area contributed by atoms with Gasteiger partial charge in [0.15, 0.2) is 19.0 Å². The second-order valence-electron chi connectivity index (χ2n) is 8.86. The molecule has 2 aromatic heterocycles. The summed E-state index contributed by atoms with van der Waals surface area (Å²) in [5.41, 5.74) is 2.72. The number of aromatic nitrogens is 4. The van der Waals surface area contributed by atoms with Crippen molar-refractivity contribution in [2.24, 2.45) is 7.05 Å². The monoisotopic (exact) mass is 434 g/mol. The number of carbonyl (C=O) groups excluding carboxylic acids is 1. The first kappa shape index (κ1) is 21.5. The van der Waals surface area contributed by atoms with Crippen molar-refractivity contribution in [3.63, 3.8) is 0 Å². The summed E-state index contributed by atoms with van der Waals surface area (Å²) in [6.45, 7) is 8.02. The van der Waals surface area contributed by atoms with E-state index in [1.54, 1.807) is 11.4 Å². The molecule has 0 unspecified atom stereocenters. The van der Waals surface area contributed by atoms with Crippen molar-refractivity contribution in [3.8, 4) is 5.75 Å². The highest BCUT2D eigenvalue weighted by Gasteiger charge is 2.17. The number of ether oxygens (including phenoxy) is 2. The summed E-state index contributed by atoms with van der Waals surface area (Å²) in [5.74, 6) is 0.880. The summed E-state index contributed by atoms with van der Waals surface area (Å²) in [5, 5.41) is 8.78. The van der Waals surface area contributed by atoms with E-state index >= 15 is 0 Å². The van der Waals surface area contributed by atoms with Gasteiger partial charge < -0.3 is 9.47 Å². The summed E-state index contributed by atoms with van der Waals surface area (Å²) in [6, 6.07) is 13.2. The minimum Gasteiger partial charge on any atom is -0.482 e. The lowest BCUT2D eigenvalue weighted by Crippen LogP contribution is -2.21. The number of fused-ring (bicyclic) bond motifs is 3. The maximum atomic E-state index is 12.6. The van der Waals surface area contributed by atoms with Gasteiger partial charge >= 0.3 is 5.97 Å². The van der Waals surface area contributed by atoms with Crippen LogP contribution in [0.2, 0.25) is 0 Å². The van der Waals surface area contributed by atoms with Gasteiger partial charge in [0, 0.05) is 7.05 Å². The first-order valence-electron chi connectivity index (χ1n) is 10.4. The number of rotatable bonds is 5. The van der Waals surface area contributed by atoms with Crippen LogP contribution in [0.25, 0.3) is 16.7 Å². The molecule has 4 rings (SSSR count). The van der Waals surface area contributed by atoms with Crippen LogP contribution in [0.4, 0.5) is 0 Å². The van der Waals surface area contributed by atoms with E-state index in [1.807, 2.05) is 49.4 Å². The lowest BCUT2D eigenvalue weighted by molar-refractivity contribution is -0.147. The number of carbonyl (C=O) groups is 1. The largest absolute Gasteiger partial charge is 0.482 e. The predicted octanol–water partition coefficient (Wildman–Crippen LogP) is 3.31. The van der Waals surface area contributed by atoms with E-state index in [9.17, 15) is 9.59 Å². The molecule has 0 aliphatic heterocycles. The maximum absolute atomic E-state index is 12.6. The highest BCUT2D eigenvalue weighted by Crippen LogP contribution is 2.24. The third-order valence-electron chi connectivity index (χ3n) is 5.38. The molecule has 0 aliphatic rings. The first-order chi connectivity index (χ1) is 15.1. The standard InChI is InChI=1S/C24H26N4O4/c1-15-6-11-19-18(12-15)22(30)27(5)23-26-25-20(28(19)23)13-32-21(29)14-31-17-9-7-16(8-10-17)24(2,3)4/h6-12H,13-14H2,1-5H3. The molecule has 0 radical (unpaired) electrons. The minimum atomic E-state index is -0.522. The van der Waals surface area contributed by atoms with Crippen molar-refractivity contribution >= 4 is 22.6 Å². The van der Waals surface area contributed by atoms with Gasteiger partial charge in [-0.05, 0) is 42.2 Å². The zero-order valence-corrected chi connectivity index (χ0v) is 18.9. The number of aryl methyl sites for hydroxylation is 2. The molecule has 0 N–H and O–H groups in total. The Balaban J connectivity index is 1.48. The van der Waals surface area contributed by atoms with E-state index in [2.05, 4.69) is 31.0 Å². The van der Waals surface area contributed by atoms with Crippen molar-refractivity contribution in [2.45, 2.75) is 39.7 Å². The van der Waals surface area contributed by atoms with Crippen LogP contribution in [0, 0.1) is 6.92 Å². The van der Waals surface area contributed by atoms with E-state index in [0.29, 0.717) is 28.3 Å². The molecule has 0 spiro atoms. The third-order valence-corrected chi connectivity index (χ3v) is 5.38. The van der Waals surface area contributed by atoms with Crippen molar-refractivity contribution < 1.29 is 14.3 Å². The molecule has 0 bridgehead atoms. The topological polar surface area (TPSA) is 87.7 Å². The van der Waals surface area contributed by atoms with Gasteiger partial charge in [0.05, 0.1) is 10.9 Å². The Morgan fingerprint density at radius 1 is 1.06 bits per heavy atom. The molecule has 32 heavy (non-hydrogen) atoms. The highest BCUT2D eigenvalue weighted by atomic mass is 16.6. The quantitative estimate of drug-likeness (QED) is 0.448.